The Bertz CT molecular complexity index is 503. The Morgan fingerprint density at radius 3 is 2.60 bits per heavy atom. The minimum absolute atomic E-state index is 0.0679. The molecule has 2 N–H and O–H groups in total. The summed E-state index contributed by atoms with van der Waals surface area (Å²) in [5.74, 6) is -1.39. The molecule has 3 nitrogen and oxygen atoms in total. The number of carbonyl (C=O) groups excluding carboxylic acids is 1. The fourth-order valence-electron chi connectivity index (χ4n) is 2.25. The lowest BCUT2D eigenvalue weighted by Crippen LogP contribution is -2.35. The molecule has 1 aromatic rings. The molecular formula is C15H20F2N2O. The van der Waals surface area contributed by atoms with Crippen molar-refractivity contribution >= 4 is 5.91 Å². The minimum Gasteiger partial charge on any atom is -0.339 e. The first-order valence-electron chi connectivity index (χ1n) is 6.86. The van der Waals surface area contributed by atoms with E-state index < -0.39 is 11.6 Å². The van der Waals surface area contributed by atoms with Crippen molar-refractivity contribution in [3.63, 3.8) is 0 Å². The fraction of sp³-hybridized carbons (Fsp3) is 0.533. The Morgan fingerprint density at radius 2 is 2.05 bits per heavy atom. The number of nitrogens with zero attached hydrogens (tertiary/aromatic N) is 1. The van der Waals surface area contributed by atoms with Crippen LogP contribution in [0.5, 0.6) is 0 Å². The van der Waals surface area contributed by atoms with E-state index in [1.807, 2.05) is 0 Å². The van der Waals surface area contributed by atoms with Gasteiger partial charge in [0.25, 0.3) is 0 Å². The average molecular weight is 282 g/mol. The lowest BCUT2D eigenvalue weighted by molar-refractivity contribution is -0.132. The molecule has 0 aliphatic heterocycles. The third-order valence-corrected chi connectivity index (χ3v) is 4.04. The van der Waals surface area contributed by atoms with Gasteiger partial charge in [0.1, 0.15) is 0 Å². The summed E-state index contributed by atoms with van der Waals surface area (Å²) in [5, 5.41) is 0. The van der Waals surface area contributed by atoms with Gasteiger partial charge in [0.05, 0.1) is 6.04 Å². The second-order valence-corrected chi connectivity index (χ2v) is 5.56. The van der Waals surface area contributed by atoms with Crippen LogP contribution in [0.3, 0.4) is 0 Å². The quantitative estimate of drug-likeness (QED) is 0.902. The highest BCUT2D eigenvalue weighted by Crippen LogP contribution is 2.33. The Balaban J connectivity index is 2.00. The van der Waals surface area contributed by atoms with Gasteiger partial charge < -0.3 is 10.6 Å². The van der Waals surface area contributed by atoms with Crippen LogP contribution in [0.15, 0.2) is 18.2 Å². The first kappa shape index (κ1) is 14.9. The van der Waals surface area contributed by atoms with Crippen molar-refractivity contribution < 1.29 is 13.6 Å². The molecule has 1 aromatic carbocycles. The molecule has 1 amide bonds. The molecule has 1 fully saturated rings. The van der Waals surface area contributed by atoms with Gasteiger partial charge in [0, 0.05) is 19.5 Å². The number of carbonyl (C=O) groups is 1. The summed E-state index contributed by atoms with van der Waals surface area (Å²) in [4.78, 5) is 13.7. The van der Waals surface area contributed by atoms with Crippen LogP contribution in [0, 0.1) is 17.6 Å². The summed E-state index contributed by atoms with van der Waals surface area (Å²) < 4.78 is 26.1. The zero-order valence-electron chi connectivity index (χ0n) is 11.8. The highest BCUT2D eigenvalue weighted by Gasteiger charge is 2.31. The van der Waals surface area contributed by atoms with E-state index in [-0.39, 0.29) is 18.0 Å². The molecular weight excluding hydrogens is 262 g/mol. The maximum absolute atomic E-state index is 13.2. The van der Waals surface area contributed by atoms with E-state index in [0.29, 0.717) is 17.9 Å². The topological polar surface area (TPSA) is 46.3 Å². The third kappa shape index (κ3) is 3.33. The maximum atomic E-state index is 13.2. The third-order valence-electron chi connectivity index (χ3n) is 4.04. The van der Waals surface area contributed by atoms with E-state index in [1.165, 1.54) is 11.0 Å². The molecule has 0 heterocycles. The van der Waals surface area contributed by atoms with Crippen LogP contribution >= 0.6 is 0 Å². The second-order valence-electron chi connectivity index (χ2n) is 5.56. The maximum Gasteiger partial charge on any atom is 0.224 e. The molecule has 0 spiro atoms. The van der Waals surface area contributed by atoms with Gasteiger partial charge in [-0.1, -0.05) is 6.07 Å². The van der Waals surface area contributed by atoms with Crippen molar-refractivity contribution in [2.45, 2.75) is 38.3 Å². The van der Waals surface area contributed by atoms with Gasteiger partial charge in [-0.2, -0.15) is 0 Å². The standard InChI is InChI=1S/C15H20F2N2O/c1-9(11-5-6-12(16)13(17)7-11)19(2)15(20)8-14(18)10-3-4-10/h5-7,9-10,14H,3-4,8,18H2,1-2H3. The molecule has 0 aromatic heterocycles. The molecule has 5 heteroatoms. The molecule has 110 valence electrons. The molecule has 0 bridgehead atoms. The summed E-state index contributed by atoms with van der Waals surface area (Å²) in [6.45, 7) is 1.78. The first-order valence-corrected chi connectivity index (χ1v) is 6.86. The molecule has 20 heavy (non-hydrogen) atoms. The van der Waals surface area contributed by atoms with Crippen LogP contribution in [-0.2, 0) is 4.79 Å². The van der Waals surface area contributed by atoms with E-state index in [2.05, 4.69) is 0 Å². The Hall–Kier alpha value is -1.49. The van der Waals surface area contributed by atoms with Gasteiger partial charge in [-0.15, -0.1) is 0 Å². The minimum atomic E-state index is -0.898. The van der Waals surface area contributed by atoms with Gasteiger partial charge in [0.15, 0.2) is 11.6 Å². The molecule has 2 atom stereocenters. The molecule has 0 radical (unpaired) electrons. The number of amides is 1. The van der Waals surface area contributed by atoms with E-state index in [9.17, 15) is 13.6 Å². The van der Waals surface area contributed by atoms with E-state index >= 15 is 0 Å². The number of nitrogens with two attached hydrogens (primary N) is 1. The van der Waals surface area contributed by atoms with Crippen molar-refractivity contribution in [3.05, 3.63) is 35.4 Å². The van der Waals surface area contributed by atoms with Crippen LogP contribution in [0.4, 0.5) is 8.78 Å². The normalized spacial score (nSPS) is 17.6. The lowest BCUT2D eigenvalue weighted by Gasteiger charge is -2.26. The van der Waals surface area contributed by atoms with Gasteiger partial charge in [-0.05, 0) is 43.4 Å². The Labute approximate surface area is 117 Å². The zero-order chi connectivity index (χ0) is 14.9. The molecule has 1 aliphatic rings. The predicted molar refractivity (Wildman–Crippen MR) is 72.9 cm³/mol. The lowest BCUT2D eigenvalue weighted by atomic mass is 10.0. The molecule has 1 aliphatic carbocycles. The van der Waals surface area contributed by atoms with Crippen molar-refractivity contribution in [1.29, 1.82) is 0 Å². The van der Waals surface area contributed by atoms with Crippen molar-refractivity contribution in [1.82, 2.24) is 4.90 Å². The summed E-state index contributed by atoms with van der Waals surface area (Å²) in [6.07, 6.45) is 2.49. The van der Waals surface area contributed by atoms with Crippen molar-refractivity contribution in [2.75, 3.05) is 7.05 Å². The van der Waals surface area contributed by atoms with Gasteiger partial charge in [-0.3, -0.25) is 4.79 Å². The molecule has 2 rings (SSSR count). The number of halogens is 2. The SMILES string of the molecule is CC(c1ccc(F)c(F)c1)N(C)C(=O)CC(N)C1CC1. The molecule has 2 unspecified atom stereocenters. The number of benzene rings is 1. The van der Waals surface area contributed by atoms with E-state index in [0.717, 1.165) is 25.0 Å². The van der Waals surface area contributed by atoms with Gasteiger partial charge in [-0.25, -0.2) is 8.78 Å². The van der Waals surface area contributed by atoms with Crippen molar-refractivity contribution in [2.24, 2.45) is 11.7 Å². The monoisotopic (exact) mass is 282 g/mol. The largest absolute Gasteiger partial charge is 0.339 e. The van der Waals surface area contributed by atoms with Gasteiger partial charge >= 0.3 is 0 Å². The predicted octanol–water partition coefficient (Wildman–Crippen LogP) is 2.61. The average Bonchev–Trinajstić information content (AvgIpc) is 3.24. The summed E-state index contributed by atoms with van der Waals surface area (Å²) >= 11 is 0. The molecule has 1 saturated carbocycles. The van der Waals surface area contributed by atoms with Crippen molar-refractivity contribution in [3.8, 4) is 0 Å². The van der Waals surface area contributed by atoms with E-state index in [4.69, 9.17) is 5.73 Å². The first-order chi connectivity index (χ1) is 9.40. The zero-order valence-corrected chi connectivity index (χ0v) is 11.8. The molecule has 0 saturated heterocycles. The van der Waals surface area contributed by atoms with Crippen LogP contribution in [0.2, 0.25) is 0 Å². The Kier molecular flexibility index (Phi) is 4.38. The number of hydrogen-bond donors (Lipinski definition) is 1. The van der Waals surface area contributed by atoms with Gasteiger partial charge in [0.2, 0.25) is 5.91 Å². The highest BCUT2D eigenvalue weighted by molar-refractivity contribution is 5.77. The van der Waals surface area contributed by atoms with Crippen LogP contribution < -0.4 is 5.73 Å². The summed E-state index contributed by atoms with van der Waals surface area (Å²) in [7, 11) is 1.66. The smallest absolute Gasteiger partial charge is 0.224 e. The van der Waals surface area contributed by atoms with E-state index in [1.54, 1.807) is 14.0 Å². The highest BCUT2D eigenvalue weighted by atomic mass is 19.2. The van der Waals surface area contributed by atoms with Crippen LogP contribution in [-0.4, -0.2) is 23.9 Å². The second kappa shape index (κ2) is 5.87. The summed E-state index contributed by atoms with van der Waals surface area (Å²) in [5.41, 5.74) is 6.51. The van der Waals surface area contributed by atoms with Crippen LogP contribution in [0.1, 0.15) is 37.8 Å². The number of hydrogen-bond acceptors (Lipinski definition) is 2. The number of rotatable bonds is 5. The Morgan fingerprint density at radius 1 is 1.40 bits per heavy atom. The van der Waals surface area contributed by atoms with Crippen LogP contribution in [0.25, 0.3) is 0 Å². The fourth-order valence-corrected chi connectivity index (χ4v) is 2.25. The summed E-state index contributed by atoms with van der Waals surface area (Å²) in [6, 6.07) is 3.29.